The van der Waals surface area contributed by atoms with E-state index in [0.29, 0.717) is 18.3 Å². The van der Waals surface area contributed by atoms with E-state index >= 15 is 0 Å². The van der Waals surface area contributed by atoms with Gasteiger partial charge in [0.25, 0.3) is 0 Å². The fraction of sp³-hybridized carbons (Fsp3) is 0.769. The van der Waals surface area contributed by atoms with Crippen LogP contribution in [0.25, 0.3) is 0 Å². The van der Waals surface area contributed by atoms with Gasteiger partial charge < -0.3 is 15.2 Å². The third kappa shape index (κ3) is 4.66. The number of nitrogens with zero attached hydrogens (tertiary/aromatic N) is 4. The Labute approximate surface area is 131 Å². The lowest BCUT2D eigenvalue weighted by Crippen LogP contribution is -2.51. The third-order valence-corrected chi connectivity index (χ3v) is 3.35. The highest BCUT2D eigenvalue weighted by Crippen LogP contribution is 2.18. The van der Waals surface area contributed by atoms with Crippen molar-refractivity contribution in [3.8, 4) is 0 Å². The molecule has 2 heterocycles. The van der Waals surface area contributed by atoms with Crippen LogP contribution in [0.5, 0.6) is 0 Å². The molecule has 1 fully saturated rings. The first-order chi connectivity index (χ1) is 9.40. The Hall–Kier alpha value is -1.18. The van der Waals surface area contributed by atoms with Gasteiger partial charge in [-0.25, -0.2) is 0 Å². The van der Waals surface area contributed by atoms with E-state index in [1.807, 2.05) is 25.7 Å². The molecular weight excluding hydrogens is 294 g/mol. The molecule has 1 saturated heterocycles. The summed E-state index contributed by atoms with van der Waals surface area (Å²) in [5.41, 5.74) is 5.12. The summed E-state index contributed by atoms with van der Waals surface area (Å²) in [5, 5.41) is 3.89. The summed E-state index contributed by atoms with van der Waals surface area (Å²) in [6.07, 6.45) is 0. The van der Waals surface area contributed by atoms with E-state index < -0.39 is 0 Å². The number of amides is 1. The average molecular weight is 318 g/mol. The van der Waals surface area contributed by atoms with Crippen LogP contribution < -0.4 is 5.73 Å². The van der Waals surface area contributed by atoms with E-state index in [1.54, 1.807) is 0 Å². The zero-order valence-electron chi connectivity index (χ0n) is 12.8. The van der Waals surface area contributed by atoms with Gasteiger partial charge in [0, 0.05) is 31.6 Å². The molecule has 2 rings (SSSR count). The molecule has 0 bridgehead atoms. The lowest BCUT2D eigenvalue weighted by Gasteiger charge is -2.37. The van der Waals surface area contributed by atoms with Gasteiger partial charge in [0.15, 0.2) is 5.82 Å². The second-order valence-corrected chi connectivity index (χ2v) is 6.13. The van der Waals surface area contributed by atoms with Crippen LogP contribution >= 0.6 is 12.4 Å². The van der Waals surface area contributed by atoms with Crippen molar-refractivity contribution in [1.82, 2.24) is 19.9 Å². The van der Waals surface area contributed by atoms with Crippen LogP contribution in [0.15, 0.2) is 4.52 Å². The molecule has 7 nitrogen and oxygen atoms in total. The van der Waals surface area contributed by atoms with Crippen LogP contribution in [0.4, 0.5) is 0 Å². The van der Waals surface area contributed by atoms with Crippen LogP contribution in [0.2, 0.25) is 0 Å². The summed E-state index contributed by atoms with van der Waals surface area (Å²) < 4.78 is 4.98. The number of rotatable bonds is 3. The van der Waals surface area contributed by atoms with E-state index in [4.69, 9.17) is 10.3 Å². The molecule has 21 heavy (non-hydrogen) atoms. The molecule has 1 aliphatic rings. The van der Waals surface area contributed by atoms with Gasteiger partial charge in [-0.3, -0.25) is 9.69 Å². The number of aromatic nitrogens is 2. The highest BCUT2D eigenvalue weighted by atomic mass is 35.5. The summed E-state index contributed by atoms with van der Waals surface area (Å²) >= 11 is 0. The van der Waals surface area contributed by atoms with Gasteiger partial charge in [0.1, 0.15) is 0 Å². The number of halogens is 1. The van der Waals surface area contributed by atoms with Gasteiger partial charge >= 0.3 is 0 Å². The number of carbonyl (C=O) groups excluding carboxylic acids is 1. The summed E-state index contributed by atoms with van der Waals surface area (Å²) in [4.78, 5) is 20.5. The molecule has 0 aliphatic carbocycles. The lowest BCUT2D eigenvalue weighted by atomic mass is 9.94. The molecular formula is C13H24ClN5O2. The van der Waals surface area contributed by atoms with Gasteiger partial charge in [-0.15, -0.1) is 12.4 Å². The summed E-state index contributed by atoms with van der Waals surface area (Å²) in [5.74, 6) is 1.32. The maximum Gasteiger partial charge on any atom is 0.240 e. The van der Waals surface area contributed by atoms with Crippen LogP contribution in [0.3, 0.4) is 0 Å². The van der Waals surface area contributed by atoms with E-state index in [1.165, 1.54) is 0 Å². The van der Waals surface area contributed by atoms with Gasteiger partial charge in [0.05, 0.1) is 13.1 Å². The maximum absolute atomic E-state index is 12.2. The predicted octanol–water partition coefficient (Wildman–Crippen LogP) is 0.640. The summed E-state index contributed by atoms with van der Waals surface area (Å²) in [6, 6.07) is 0. The topological polar surface area (TPSA) is 88.5 Å². The van der Waals surface area contributed by atoms with Crippen LogP contribution in [0.1, 0.15) is 32.5 Å². The number of hydrogen-bond acceptors (Lipinski definition) is 6. The normalized spacial score (nSPS) is 16.7. The maximum atomic E-state index is 12.2. The SMILES string of the molecule is CC(C)(C)C(=O)N1CCN(Cc2noc(CN)n2)CC1.Cl. The van der Waals surface area contributed by atoms with Crippen molar-refractivity contribution >= 4 is 18.3 Å². The van der Waals surface area contributed by atoms with Crippen molar-refractivity contribution < 1.29 is 9.32 Å². The zero-order valence-corrected chi connectivity index (χ0v) is 13.7. The Morgan fingerprint density at radius 3 is 2.38 bits per heavy atom. The van der Waals surface area contributed by atoms with E-state index in [2.05, 4.69) is 15.0 Å². The minimum Gasteiger partial charge on any atom is -0.340 e. The smallest absolute Gasteiger partial charge is 0.240 e. The predicted molar refractivity (Wildman–Crippen MR) is 80.7 cm³/mol. The number of nitrogens with two attached hydrogens (primary N) is 1. The Morgan fingerprint density at radius 2 is 1.90 bits per heavy atom. The molecule has 0 unspecified atom stereocenters. The molecule has 120 valence electrons. The van der Waals surface area contributed by atoms with Gasteiger partial charge in [0.2, 0.25) is 11.8 Å². The zero-order chi connectivity index (χ0) is 14.8. The highest BCUT2D eigenvalue weighted by molar-refractivity contribution is 5.85. The number of carbonyl (C=O) groups is 1. The van der Waals surface area contributed by atoms with Crippen LogP contribution in [-0.4, -0.2) is 52.0 Å². The Bertz CT molecular complexity index is 463. The molecule has 1 aromatic heterocycles. The first-order valence-electron chi connectivity index (χ1n) is 6.93. The standard InChI is InChI=1S/C13H23N5O2.ClH/c1-13(2,3)12(19)18-6-4-17(5-7-18)9-10-15-11(8-14)20-16-10;/h4-9,14H2,1-3H3;1H. The molecule has 1 amide bonds. The minimum absolute atomic E-state index is 0. The largest absolute Gasteiger partial charge is 0.340 e. The quantitative estimate of drug-likeness (QED) is 0.880. The van der Waals surface area contributed by atoms with Crippen molar-refractivity contribution in [2.45, 2.75) is 33.9 Å². The summed E-state index contributed by atoms with van der Waals surface area (Å²) in [7, 11) is 0. The molecule has 0 saturated carbocycles. The Balaban J connectivity index is 0.00000220. The Morgan fingerprint density at radius 1 is 1.29 bits per heavy atom. The molecule has 1 aromatic rings. The summed E-state index contributed by atoms with van der Waals surface area (Å²) in [6.45, 7) is 9.92. The molecule has 2 N–H and O–H groups in total. The second kappa shape index (κ2) is 7.20. The van der Waals surface area contributed by atoms with E-state index in [9.17, 15) is 4.79 Å². The van der Waals surface area contributed by atoms with E-state index in [-0.39, 0.29) is 30.3 Å². The van der Waals surface area contributed by atoms with Gasteiger partial charge in [-0.05, 0) is 0 Å². The minimum atomic E-state index is -0.314. The average Bonchev–Trinajstić information content (AvgIpc) is 2.85. The molecule has 0 spiro atoms. The molecule has 0 radical (unpaired) electrons. The first-order valence-corrected chi connectivity index (χ1v) is 6.93. The molecule has 0 atom stereocenters. The first kappa shape index (κ1) is 17.9. The fourth-order valence-electron chi connectivity index (χ4n) is 2.22. The Kier molecular flexibility index (Phi) is 6.12. The lowest BCUT2D eigenvalue weighted by molar-refractivity contribution is -0.141. The van der Waals surface area contributed by atoms with Crippen LogP contribution in [-0.2, 0) is 17.9 Å². The van der Waals surface area contributed by atoms with Crippen molar-refractivity contribution in [1.29, 1.82) is 0 Å². The monoisotopic (exact) mass is 317 g/mol. The fourth-order valence-corrected chi connectivity index (χ4v) is 2.22. The second-order valence-electron chi connectivity index (χ2n) is 6.13. The van der Waals surface area contributed by atoms with Gasteiger partial charge in [-0.1, -0.05) is 25.9 Å². The van der Waals surface area contributed by atoms with Crippen molar-refractivity contribution in [2.24, 2.45) is 11.1 Å². The number of piperazine rings is 1. The van der Waals surface area contributed by atoms with E-state index in [0.717, 1.165) is 26.2 Å². The third-order valence-electron chi connectivity index (χ3n) is 3.35. The van der Waals surface area contributed by atoms with Crippen molar-refractivity contribution in [3.05, 3.63) is 11.7 Å². The van der Waals surface area contributed by atoms with Crippen molar-refractivity contribution in [3.63, 3.8) is 0 Å². The highest BCUT2D eigenvalue weighted by Gasteiger charge is 2.29. The van der Waals surface area contributed by atoms with Gasteiger partial charge in [-0.2, -0.15) is 4.98 Å². The van der Waals surface area contributed by atoms with Crippen LogP contribution in [0, 0.1) is 5.41 Å². The molecule has 8 heteroatoms. The molecule has 0 aromatic carbocycles. The van der Waals surface area contributed by atoms with Crippen molar-refractivity contribution in [2.75, 3.05) is 26.2 Å². The number of hydrogen-bond donors (Lipinski definition) is 1. The molecule has 1 aliphatic heterocycles.